The Kier molecular flexibility index (Phi) is 4.83. The first-order valence-corrected chi connectivity index (χ1v) is 5.28. The molecule has 0 spiro atoms. The first kappa shape index (κ1) is 14.9. The zero-order chi connectivity index (χ0) is 14.5. The van der Waals surface area contributed by atoms with Crippen molar-refractivity contribution in [2.45, 2.75) is 25.6 Å². The zero-order valence-electron chi connectivity index (χ0n) is 9.90. The lowest BCUT2D eigenvalue weighted by Crippen LogP contribution is -2.08. The van der Waals surface area contributed by atoms with Crippen molar-refractivity contribution in [2.24, 2.45) is 5.16 Å². The van der Waals surface area contributed by atoms with Gasteiger partial charge in [0.2, 0.25) is 0 Å². The predicted octanol–water partition coefficient (Wildman–Crippen LogP) is 2.63. The number of carbonyl (C=O) groups excluding carboxylic acids is 2. The molecule has 1 unspecified atom stereocenters. The van der Waals surface area contributed by atoms with Gasteiger partial charge in [-0.25, -0.2) is 0 Å². The zero-order valence-corrected chi connectivity index (χ0v) is 9.90. The fraction of sp³-hybridized carbons (Fsp3) is 0.333. The molecule has 1 atom stereocenters. The molecular formula is C12H10F3NO3. The molecule has 7 heteroatoms. The van der Waals surface area contributed by atoms with Crippen molar-refractivity contribution in [1.29, 1.82) is 0 Å². The Balaban J connectivity index is 0.000000550. The lowest BCUT2D eigenvalue weighted by atomic mass is 10.0. The third-order valence-corrected chi connectivity index (χ3v) is 2.35. The molecule has 0 N–H and O–H groups in total. The first-order chi connectivity index (χ1) is 8.88. The average Bonchev–Trinajstić information content (AvgIpc) is 2.76. The van der Waals surface area contributed by atoms with Crippen molar-refractivity contribution in [3.8, 4) is 0 Å². The molecule has 0 fully saturated rings. The summed E-state index contributed by atoms with van der Waals surface area (Å²) in [6, 6.07) is 5.13. The number of nitrogens with zero attached hydrogens (tertiary/aromatic N) is 1. The Morgan fingerprint density at radius 2 is 2.00 bits per heavy atom. The van der Waals surface area contributed by atoms with E-state index in [1.165, 1.54) is 6.07 Å². The first-order valence-electron chi connectivity index (χ1n) is 5.28. The molecule has 1 aliphatic rings. The molecule has 1 aliphatic heterocycles. The van der Waals surface area contributed by atoms with Gasteiger partial charge >= 0.3 is 12.3 Å². The highest BCUT2D eigenvalue weighted by Crippen LogP contribution is 2.30. The van der Waals surface area contributed by atoms with Crippen LogP contribution in [-0.4, -0.2) is 18.0 Å². The molecule has 102 valence electrons. The van der Waals surface area contributed by atoms with Gasteiger partial charge in [-0.1, -0.05) is 17.3 Å². The van der Waals surface area contributed by atoms with Gasteiger partial charge in [0.15, 0.2) is 0 Å². The highest BCUT2D eigenvalue weighted by Gasteiger charge is 2.31. The van der Waals surface area contributed by atoms with Crippen molar-refractivity contribution in [1.82, 2.24) is 0 Å². The second kappa shape index (κ2) is 6.15. The minimum atomic E-state index is -4.32. The number of hydrogen-bond acceptors (Lipinski definition) is 4. The molecule has 1 aromatic rings. The monoisotopic (exact) mass is 273 g/mol. The summed E-state index contributed by atoms with van der Waals surface area (Å²) in [5.74, 6) is 0. The maximum atomic E-state index is 12.5. The highest BCUT2D eigenvalue weighted by atomic mass is 19.4. The number of alkyl halides is 3. The van der Waals surface area contributed by atoms with E-state index in [1.807, 2.05) is 6.92 Å². The summed E-state index contributed by atoms with van der Waals surface area (Å²) >= 11 is 0. The molecule has 0 saturated carbocycles. The Bertz CT molecular complexity index is 505. The molecule has 0 radical (unpaired) electrons. The van der Waals surface area contributed by atoms with Crippen LogP contribution in [0.4, 0.5) is 13.2 Å². The average molecular weight is 273 g/mol. The minimum Gasteiger partial charge on any atom is -0.392 e. The van der Waals surface area contributed by atoms with E-state index in [0.29, 0.717) is 17.7 Å². The van der Waals surface area contributed by atoms with E-state index in [1.54, 1.807) is 6.07 Å². The molecule has 19 heavy (non-hydrogen) atoms. The molecule has 1 aromatic carbocycles. The second-order valence-electron chi connectivity index (χ2n) is 3.82. The predicted molar refractivity (Wildman–Crippen MR) is 58.2 cm³/mol. The van der Waals surface area contributed by atoms with Gasteiger partial charge in [-0.3, -0.25) is 0 Å². The lowest BCUT2D eigenvalue weighted by Gasteiger charge is -2.07. The Hall–Kier alpha value is -2.14. The number of benzene rings is 1. The topological polar surface area (TPSA) is 55.7 Å². The van der Waals surface area contributed by atoms with E-state index < -0.39 is 11.7 Å². The second-order valence-corrected chi connectivity index (χ2v) is 3.82. The summed E-state index contributed by atoms with van der Waals surface area (Å²) in [6.07, 6.45) is -3.59. The Labute approximate surface area is 106 Å². The molecule has 1 heterocycles. The normalized spacial score (nSPS) is 17.7. The Morgan fingerprint density at radius 1 is 1.37 bits per heavy atom. The summed E-state index contributed by atoms with van der Waals surface area (Å²) in [6.45, 7) is 1.82. The van der Waals surface area contributed by atoms with Crippen molar-refractivity contribution in [3.05, 3.63) is 35.4 Å². The van der Waals surface area contributed by atoms with Crippen LogP contribution < -0.4 is 0 Å². The molecule has 0 aromatic heterocycles. The highest BCUT2D eigenvalue weighted by molar-refractivity contribution is 6.01. The van der Waals surface area contributed by atoms with E-state index in [2.05, 4.69) is 5.16 Å². The number of halogens is 3. The standard InChI is InChI=1S/C11H10F3NO.CO2/c1-7-5-10(15-16-7)8-3-2-4-9(6-8)11(12,13)14;2-1-3/h2-4,6-7H,5H2,1H3;. The molecule has 2 rings (SSSR count). The molecular weight excluding hydrogens is 263 g/mol. The summed E-state index contributed by atoms with van der Waals surface area (Å²) < 4.78 is 37.4. The van der Waals surface area contributed by atoms with E-state index in [0.717, 1.165) is 12.1 Å². The molecule has 0 bridgehead atoms. The van der Waals surface area contributed by atoms with E-state index in [9.17, 15) is 13.2 Å². The van der Waals surface area contributed by atoms with Crippen LogP contribution in [0.2, 0.25) is 0 Å². The maximum Gasteiger partial charge on any atom is 0.416 e. The maximum absolute atomic E-state index is 12.5. The van der Waals surface area contributed by atoms with Crippen LogP contribution in [0.5, 0.6) is 0 Å². The van der Waals surface area contributed by atoms with Gasteiger partial charge in [0.25, 0.3) is 0 Å². The van der Waals surface area contributed by atoms with Gasteiger partial charge in [0.05, 0.1) is 11.3 Å². The van der Waals surface area contributed by atoms with Crippen molar-refractivity contribution < 1.29 is 27.6 Å². The van der Waals surface area contributed by atoms with Crippen LogP contribution in [0.25, 0.3) is 0 Å². The van der Waals surface area contributed by atoms with Crippen molar-refractivity contribution in [2.75, 3.05) is 0 Å². The Morgan fingerprint density at radius 3 is 2.47 bits per heavy atom. The van der Waals surface area contributed by atoms with Crippen LogP contribution in [0.3, 0.4) is 0 Å². The molecule has 4 nitrogen and oxygen atoms in total. The third kappa shape index (κ3) is 4.22. The smallest absolute Gasteiger partial charge is 0.392 e. The van der Waals surface area contributed by atoms with Crippen LogP contribution in [0.15, 0.2) is 29.4 Å². The number of rotatable bonds is 1. The fourth-order valence-corrected chi connectivity index (χ4v) is 1.55. The van der Waals surface area contributed by atoms with E-state index in [4.69, 9.17) is 14.4 Å². The summed E-state index contributed by atoms with van der Waals surface area (Å²) in [5.41, 5.74) is 0.380. The van der Waals surface area contributed by atoms with E-state index in [-0.39, 0.29) is 12.3 Å². The quantitative estimate of drug-likeness (QED) is 0.790. The van der Waals surface area contributed by atoms with Crippen molar-refractivity contribution >= 4 is 11.9 Å². The van der Waals surface area contributed by atoms with Gasteiger partial charge in [0.1, 0.15) is 6.10 Å². The van der Waals surface area contributed by atoms with Gasteiger partial charge in [-0.05, 0) is 19.1 Å². The summed E-state index contributed by atoms with van der Waals surface area (Å²) in [7, 11) is 0. The van der Waals surface area contributed by atoms with Crippen LogP contribution >= 0.6 is 0 Å². The molecule has 0 amide bonds. The molecule has 0 aliphatic carbocycles. The lowest BCUT2D eigenvalue weighted by molar-refractivity contribution is -0.191. The minimum absolute atomic E-state index is 0.0652. The number of oxime groups is 1. The SMILES string of the molecule is CC1CC(c2cccc(C(F)(F)F)c2)=NO1.O=C=O. The van der Waals surface area contributed by atoms with Gasteiger partial charge in [-0.2, -0.15) is 22.8 Å². The van der Waals surface area contributed by atoms with Gasteiger partial charge < -0.3 is 4.84 Å². The van der Waals surface area contributed by atoms with Crippen LogP contribution in [0, 0.1) is 0 Å². The van der Waals surface area contributed by atoms with E-state index >= 15 is 0 Å². The number of hydrogen-bond donors (Lipinski definition) is 0. The fourth-order valence-electron chi connectivity index (χ4n) is 1.55. The summed E-state index contributed by atoms with van der Waals surface area (Å²) in [4.78, 5) is 21.2. The van der Waals surface area contributed by atoms with Gasteiger partial charge in [0, 0.05) is 12.0 Å². The van der Waals surface area contributed by atoms with Gasteiger partial charge in [-0.15, -0.1) is 0 Å². The van der Waals surface area contributed by atoms with Crippen molar-refractivity contribution in [3.63, 3.8) is 0 Å². The van der Waals surface area contributed by atoms with Crippen LogP contribution in [-0.2, 0) is 20.6 Å². The molecule has 0 saturated heterocycles. The van der Waals surface area contributed by atoms with Crippen LogP contribution in [0.1, 0.15) is 24.5 Å². The summed E-state index contributed by atoms with van der Waals surface area (Å²) in [5, 5.41) is 3.76. The largest absolute Gasteiger partial charge is 0.416 e. The third-order valence-electron chi connectivity index (χ3n) is 2.35.